The predicted octanol–water partition coefficient (Wildman–Crippen LogP) is 5.21. The van der Waals surface area contributed by atoms with Gasteiger partial charge in [-0.25, -0.2) is 0 Å². The second kappa shape index (κ2) is 5.84. The summed E-state index contributed by atoms with van der Waals surface area (Å²) in [6, 6.07) is 12.9. The number of hydrogen-bond acceptors (Lipinski definition) is 1. The Morgan fingerprint density at radius 1 is 1.11 bits per heavy atom. The second-order valence-electron chi connectivity index (χ2n) is 4.70. The normalized spacial score (nSPS) is 14.2. The predicted molar refractivity (Wildman–Crippen MR) is 83.9 cm³/mol. The van der Waals surface area contributed by atoms with Crippen molar-refractivity contribution >= 4 is 39.1 Å². The molecule has 0 aliphatic rings. The first-order valence-electron chi connectivity index (χ1n) is 5.81. The molecule has 0 amide bonds. The van der Waals surface area contributed by atoms with Crippen molar-refractivity contribution in [2.24, 2.45) is 0 Å². The highest BCUT2D eigenvalue weighted by Gasteiger charge is 2.26. The van der Waals surface area contributed by atoms with Crippen LogP contribution in [0.25, 0.3) is 0 Å². The Morgan fingerprint density at radius 2 is 1.74 bits per heavy atom. The molecular formula is C15H13BrCl2O. The number of hydrogen-bond donors (Lipinski definition) is 1. The van der Waals surface area contributed by atoms with Gasteiger partial charge in [0.05, 0.1) is 5.60 Å². The maximum absolute atomic E-state index is 10.6. The molecule has 100 valence electrons. The van der Waals surface area contributed by atoms with Crippen LogP contribution in [-0.4, -0.2) is 5.11 Å². The van der Waals surface area contributed by atoms with Crippen molar-refractivity contribution in [3.8, 4) is 0 Å². The zero-order chi connectivity index (χ0) is 14.0. The smallest absolute Gasteiger partial charge is 0.0923 e. The van der Waals surface area contributed by atoms with E-state index in [-0.39, 0.29) is 0 Å². The Bertz CT molecular complexity index is 579. The topological polar surface area (TPSA) is 20.2 Å². The summed E-state index contributed by atoms with van der Waals surface area (Å²) < 4.78 is 0.892. The van der Waals surface area contributed by atoms with Gasteiger partial charge in [0.2, 0.25) is 0 Å². The number of benzene rings is 2. The van der Waals surface area contributed by atoms with E-state index < -0.39 is 5.60 Å². The fourth-order valence-corrected chi connectivity index (χ4v) is 3.02. The van der Waals surface area contributed by atoms with E-state index in [0.29, 0.717) is 22.0 Å². The second-order valence-corrected chi connectivity index (χ2v) is 6.46. The average Bonchev–Trinajstić information content (AvgIpc) is 2.31. The molecule has 0 aromatic heterocycles. The van der Waals surface area contributed by atoms with Crippen LogP contribution in [0.15, 0.2) is 46.9 Å². The minimum atomic E-state index is -1.02. The first-order chi connectivity index (χ1) is 8.88. The van der Waals surface area contributed by atoms with Gasteiger partial charge in [0, 0.05) is 26.5 Å². The van der Waals surface area contributed by atoms with Crippen LogP contribution in [-0.2, 0) is 12.0 Å². The third-order valence-corrected chi connectivity index (χ3v) is 4.03. The minimum Gasteiger partial charge on any atom is -0.385 e. The van der Waals surface area contributed by atoms with Crippen molar-refractivity contribution in [3.63, 3.8) is 0 Å². The maximum Gasteiger partial charge on any atom is 0.0923 e. The van der Waals surface area contributed by atoms with Gasteiger partial charge in [-0.3, -0.25) is 0 Å². The SMILES string of the molecule is CC(O)(Cc1ccc(Cl)cc1)c1ccc(Br)cc1Cl. The molecular weight excluding hydrogens is 347 g/mol. The van der Waals surface area contributed by atoms with E-state index in [1.54, 1.807) is 13.0 Å². The van der Waals surface area contributed by atoms with Gasteiger partial charge in [0.25, 0.3) is 0 Å². The Labute approximate surface area is 131 Å². The van der Waals surface area contributed by atoms with Crippen LogP contribution < -0.4 is 0 Å². The lowest BCUT2D eigenvalue weighted by molar-refractivity contribution is 0.0577. The Hall–Kier alpha value is -0.540. The maximum atomic E-state index is 10.6. The number of aliphatic hydroxyl groups is 1. The molecule has 0 bridgehead atoms. The van der Waals surface area contributed by atoms with Gasteiger partial charge < -0.3 is 5.11 Å². The molecule has 2 rings (SSSR count). The van der Waals surface area contributed by atoms with Crippen molar-refractivity contribution in [2.75, 3.05) is 0 Å². The highest BCUT2D eigenvalue weighted by Crippen LogP contribution is 2.33. The van der Waals surface area contributed by atoms with Crippen LogP contribution in [0.4, 0.5) is 0 Å². The molecule has 4 heteroatoms. The van der Waals surface area contributed by atoms with E-state index in [9.17, 15) is 5.11 Å². The van der Waals surface area contributed by atoms with E-state index in [4.69, 9.17) is 23.2 Å². The lowest BCUT2D eigenvalue weighted by Gasteiger charge is -2.25. The minimum absolute atomic E-state index is 0.478. The molecule has 1 atom stereocenters. The Kier molecular flexibility index (Phi) is 4.57. The molecule has 1 nitrogen and oxygen atoms in total. The third-order valence-electron chi connectivity index (χ3n) is 2.97. The van der Waals surface area contributed by atoms with Crippen molar-refractivity contribution < 1.29 is 5.11 Å². The molecule has 2 aromatic carbocycles. The van der Waals surface area contributed by atoms with Crippen LogP contribution >= 0.6 is 39.1 Å². The molecule has 0 aliphatic carbocycles. The lowest BCUT2D eigenvalue weighted by atomic mass is 9.89. The van der Waals surface area contributed by atoms with Crippen molar-refractivity contribution in [2.45, 2.75) is 18.9 Å². The Morgan fingerprint density at radius 3 is 2.32 bits per heavy atom. The molecule has 0 heterocycles. The highest BCUT2D eigenvalue weighted by molar-refractivity contribution is 9.10. The van der Waals surface area contributed by atoms with Crippen LogP contribution in [0, 0.1) is 0 Å². The highest BCUT2D eigenvalue weighted by atomic mass is 79.9. The van der Waals surface area contributed by atoms with E-state index in [2.05, 4.69) is 15.9 Å². The van der Waals surface area contributed by atoms with Crippen LogP contribution in [0.2, 0.25) is 10.0 Å². The number of halogens is 3. The van der Waals surface area contributed by atoms with Gasteiger partial charge in [0.1, 0.15) is 0 Å². The summed E-state index contributed by atoms with van der Waals surface area (Å²) in [6.07, 6.45) is 0.478. The van der Waals surface area contributed by atoms with Gasteiger partial charge in [-0.05, 0) is 36.8 Å². The largest absolute Gasteiger partial charge is 0.385 e. The van der Waals surface area contributed by atoms with Crippen molar-refractivity contribution in [3.05, 3.63) is 68.1 Å². The summed E-state index contributed by atoms with van der Waals surface area (Å²) in [5, 5.41) is 11.9. The fourth-order valence-electron chi connectivity index (χ4n) is 2.02. The van der Waals surface area contributed by atoms with Gasteiger partial charge in [-0.2, -0.15) is 0 Å². The van der Waals surface area contributed by atoms with Crippen LogP contribution in [0.1, 0.15) is 18.1 Å². The first kappa shape index (κ1) is 14.9. The van der Waals surface area contributed by atoms with Gasteiger partial charge >= 0.3 is 0 Å². The van der Waals surface area contributed by atoms with Crippen LogP contribution in [0.5, 0.6) is 0 Å². The monoisotopic (exact) mass is 358 g/mol. The molecule has 1 N–H and O–H groups in total. The lowest BCUT2D eigenvalue weighted by Crippen LogP contribution is -2.24. The third kappa shape index (κ3) is 3.73. The van der Waals surface area contributed by atoms with E-state index in [0.717, 1.165) is 10.0 Å². The molecule has 0 saturated carbocycles. The molecule has 0 saturated heterocycles. The van der Waals surface area contributed by atoms with Crippen LogP contribution in [0.3, 0.4) is 0 Å². The molecule has 2 aromatic rings. The summed E-state index contributed by atoms with van der Waals surface area (Å²) >= 11 is 15.4. The molecule has 19 heavy (non-hydrogen) atoms. The van der Waals surface area contributed by atoms with Crippen molar-refractivity contribution in [1.29, 1.82) is 0 Å². The summed E-state index contributed by atoms with van der Waals surface area (Å²) in [5.41, 5.74) is 0.701. The first-order valence-corrected chi connectivity index (χ1v) is 7.36. The summed E-state index contributed by atoms with van der Waals surface area (Å²) in [7, 11) is 0. The standard InChI is InChI=1S/C15H13BrCl2O/c1-15(19,9-10-2-5-12(17)6-3-10)13-7-4-11(16)8-14(13)18/h2-8,19H,9H2,1H3. The average molecular weight is 360 g/mol. The number of rotatable bonds is 3. The van der Waals surface area contributed by atoms with Gasteiger partial charge in [-0.1, -0.05) is 57.3 Å². The zero-order valence-electron chi connectivity index (χ0n) is 10.3. The summed E-state index contributed by atoms with van der Waals surface area (Å²) in [5.74, 6) is 0. The molecule has 0 spiro atoms. The molecule has 0 fully saturated rings. The summed E-state index contributed by atoms with van der Waals surface area (Å²) in [4.78, 5) is 0. The quantitative estimate of drug-likeness (QED) is 0.797. The van der Waals surface area contributed by atoms with Gasteiger partial charge in [-0.15, -0.1) is 0 Å². The molecule has 1 unspecified atom stereocenters. The van der Waals surface area contributed by atoms with E-state index in [1.807, 2.05) is 36.4 Å². The molecule has 0 radical (unpaired) electrons. The zero-order valence-corrected chi connectivity index (χ0v) is 13.4. The van der Waals surface area contributed by atoms with E-state index >= 15 is 0 Å². The molecule has 0 aliphatic heterocycles. The Balaban J connectivity index is 2.29. The van der Waals surface area contributed by atoms with Gasteiger partial charge in [0.15, 0.2) is 0 Å². The van der Waals surface area contributed by atoms with E-state index in [1.165, 1.54) is 0 Å². The van der Waals surface area contributed by atoms with Crippen molar-refractivity contribution in [1.82, 2.24) is 0 Å². The fraction of sp³-hybridized carbons (Fsp3) is 0.200. The summed E-state index contributed by atoms with van der Waals surface area (Å²) in [6.45, 7) is 1.76.